The Balaban J connectivity index is 2.12. The quantitative estimate of drug-likeness (QED) is 0.908. The molecule has 1 N–H and O–H groups in total. The Labute approximate surface area is 119 Å². The highest BCUT2D eigenvalue weighted by atomic mass is 19.1. The maximum Gasteiger partial charge on any atom is 0.210 e. The van der Waals surface area contributed by atoms with E-state index in [-0.39, 0.29) is 17.4 Å². The van der Waals surface area contributed by atoms with Gasteiger partial charge in [0.1, 0.15) is 5.82 Å². The summed E-state index contributed by atoms with van der Waals surface area (Å²) < 4.78 is 46.6. The Morgan fingerprint density at radius 2 is 1.86 bits per heavy atom. The third-order valence-corrected chi connectivity index (χ3v) is 3.62. The lowest BCUT2D eigenvalue weighted by Crippen LogP contribution is -2.25. The first-order valence-corrected chi connectivity index (χ1v) is 6.70. The summed E-state index contributed by atoms with van der Waals surface area (Å²) in [6.45, 7) is 0. The molecule has 2 aromatic rings. The second kappa shape index (κ2) is 5.31. The third-order valence-electron chi connectivity index (χ3n) is 3.62. The first kappa shape index (κ1) is 13.8. The summed E-state index contributed by atoms with van der Waals surface area (Å²) in [7, 11) is 0. The molecule has 21 heavy (non-hydrogen) atoms. The lowest BCUT2D eigenvalue weighted by Gasteiger charge is -2.28. The Kier molecular flexibility index (Phi) is 3.49. The van der Waals surface area contributed by atoms with Crippen LogP contribution in [-0.2, 0) is 0 Å². The zero-order valence-electron chi connectivity index (χ0n) is 11.1. The van der Waals surface area contributed by atoms with Gasteiger partial charge in [-0.25, -0.2) is 8.78 Å². The highest BCUT2D eigenvalue weighted by molar-refractivity contribution is 5.72. The molecule has 0 spiro atoms. The van der Waals surface area contributed by atoms with Crippen molar-refractivity contribution < 1.29 is 23.0 Å². The number of phenols is 1. The summed E-state index contributed by atoms with van der Waals surface area (Å²) in [5, 5.41) is 9.41. The number of hydrogen-bond donors (Lipinski definition) is 1. The van der Waals surface area contributed by atoms with E-state index >= 15 is 0 Å². The van der Waals surface area contributed by atoms with Crippen LogP contribution < -0.4 is 4.74 Å². The summed E-state index contributed by atoms with van der Waals surface area (Å²) in [6, 6.07) is 6.34. The van der Waals surface area contributed by atoms with E-state index in [2.05, 4.69) is 0 Å². The number of aromatic hydroxyl groups is 1. The summed E-state index contributed by atoms with van der Waals surface area (Å²) in [4.78, 5) is 0. The predicted octanol–water partition coefficient (Wildman–Crippen LogP) is 4.41. The molecule has 0 bridgehead atoms. The average Bonchev–Trinajstić information content (AvgIpc) is 2.41. The van der Waals surface area contributed by atoms with Crippen LogP contribution in [0.1, 0.15) is 19.3 Å². The second-order valence-corrected chi connectivity index (χ2v) is 5.08. The molecule has 5 heteroatoms. The predicted molar refractivity (Wildman–Crippen MR) is 71.7 cm³/mol. The molecule has 0 aromatic heterocycles. The van der Waals surface area contributed by atoms with Gasteiger partial charge < -0.3 is 9.84 Å². The van der Waals surface area contributed by atoms with Gasteiger partial charge in [-0.1, -0.05) is 12.1 Å². The molecule has 0 atom stereocenters. The second-order valence-electron chi connectivity index (χ2n) is 5.08. The SMILES string of the molecule is Oc1c(F)cc(-c2cccc(F)c2)c(OC2CCC2)c1F. The van der Waals surface area contributed by atoms with Crippen molar-refractivity contribution in [1.29, 1.82) is 0 Å². The minimum absolute atomic E-state index is 0.0919. The Morgan fingerprint density at radius 1 is 1.10 bits per heavy atom. The van der Waals surface area contributed by atoms with Crippen molar-refractivity contribution in [3.05, 3.63) is 47.8 Å². The van der Waals surface area contributed by atoms with E-state index in [0.717, 1.165) is 25.3 Å². The van der Waals surface area contributed by atoms with Crippen LogP contribution in [0.15, 0.2) is 30.3 Å². The highest BCUT2D eigenvalue weighted by Gasteiger charge is 2.26. The Morgan fingerprint density at radius 3 is 2.48 bits per heavy atom. The molecule has 0 radical (unpaired) electrons. The fraction of sp³-hybridized carbons (Fsp3) is 0.250. The fourth-order valence-electron chi connectivity index (χ4n) is 2.23. The van der Waals surface area contributed by atoms with Crippen LogP contribution in [0.2, 0.25) is 0 Å². The lowest BCUT2D eigenvalue weighted by atomic mass is 9.95. The zero-order chi connectivity index (χ0) is 15.0. The van der Waals surface area contributed by atoms with Crippen molar-refractivity contribution in [2.75, 3.05) is 0 Å². The molecule has 0 aliphatic heterocycles. The number of halogens is 3. The summed E-state index contributed by atoms with van der Waals surface area (Å²) in [5.74, 6) is -4.08. The van der Waals surface area contributed by atoms with Gasteiger partial charge in [-0.3, -0.25) is 0 Å². The molecule has 3 rings (SSSR count). The highest BCUT2D eigenvalue weighted by Crippen LogP contribution is 2.40. The number of phenolic OH excluding ortho intramolecular Hbond substituents is 1. The Hall–Kier alpha value is -2.17. The normalized spacial score (nSPS) is 14.8. The van der Waals surface area contributed by atoms with Crippen LogP contribution >= 0.6 is 0 Å². The molecule has 0 heterocycles. The topological polar surface area (TPSA) is 29.5 Å². The van der Waals surface area contributed by atoms with E-state index < -0.39 is 23.2 Å². The molecule has 0 saturated heterocycles. The minimum atomic E-state index is -1.15. The van der Waals surface area contributed by atoms with Crippen molar-refractivity contribution >= 4 is 0 Å². The lowest BCUT2D eigenvalue weighted by molar-refractivity contribution is 0.114. The molecule has 1 aliphatic carbocycles. The van der Waals surface area contributed by atoms with Crippen LogP contribution in [-0.4, -0.2) is 11.2 Å². The van der Waals surface area contributed by atoms with Crippen molar-refractivity contribution in [2.24, 2.45) is 0 Å². The number of rotatable bonds is 3. The number of benzene rings is 2. The molecular weight excluding hydrogens is 281 g/mol. The molecule has 0 amide bonds. The van der Waals surface area contributed by atoms with Gasteiger partial charge in [-0.05, 0) is 43.0 Å². The van der Waals surface area contributed by atoms with E-state index in [1.54, 1.807) is 0 Å². The fourth-order valence-corrected chi connectivity index (χ4v) is 2.23. The van der Waals surface area contributed by atoms with E-state index in [1.807, 2.05) is 0 Å². The molecular formula is C16H13F3O2. The standard InChI is InChI=1S/C16H13F3O2/c17-10-4-1-3-9(7-10)12-8-13(18)15(20)14(19)16(12)21-11-5-2-6-11/h1,3-4,7-8,11,20H,2,5-6H2. The van der Waals surface area contributed by atoms with Gasteiger partial charge in [0.2, 0.25) is 5.82 Å². The zero-order valence-corrected chi connectivity index (χ0v) is 11.1. The van der Waals surface area contributed by atoms with E-state index in [1.165, 1.54) is 24.3 Å². The molecule has 2 nitrogen and oxygen atoms in total. The third kappa shape index (κ3) is 2.55. The molecule has 1 fully saturated rings. The van der Waals surface area contributed by atoms with Gasteiger partial charge >= 0.3 is 0 Å². The van der Waals surface area contributed by atoms with Gasteiger partial charge in [0.05, 0.1) is 6.10 Å². The maximum atomic E-state index is 14.1. The largest absolute Gasteiger partial charge is 0.503 e. The van der Waals surface area contributed by atoms with Gasteiger partial charge in [0.25, 0.3) is 0 Å². The van der Waals surface area contributed by atoms with Gasteiger partial charge in [-0.15, -0.1) is 0 Å². The summed E-state index contributed by atoms with van der Waals surface area (Å²) in [6.07, 6.45) is 2.38. The van der Waals surface area contributed by atoms with Crippen LogP contribution in [0.3, 0.4) is 0 Å². The van der Waals surface area contributed by atoms with Crippen LogP contribution in [0.4, 0.5) is 13.2 Å². The van der Waals surface area contributed by atoms with Crippen molar-refractivity contribution in [3.63, 3.8) is 0 Å². The molecule has 0 unspecified atom stereocenters. The molecule has 1 saturated carbocycles. The summed E-state index contributed by atoms with van der Waals surface area (Å²) >= 11 is 0. The molecule has 1 aliphatic rings. The maximum absolute atomic E-state index is 14.1. The molecule has 110 valence electrons. The Bertz CT molecular complexity index is 681. The monoisotopic (exact) mass is 294 g/mol. The minimum Gasteiger partial charge on any atom is -0.503 e. The van der Waals surface area contributed by atoms with Gasteiger partial charge in [0, 0.05) is 5.56 Å². The first-order chi connectivity index (χ1) is 10.1. The smallest absolute Gasteiger partial charge is 0.210 e. The van der Waals surface area contributed by atoms with E-state index in [9.17, 15) is 18.3 Å². The van der Waals surface area contributed by atoms with E-state index in [0.29, 0.717) is 5.56 Å². The van der Waals surface area contributed by atoms with Crippen LogP contribution in [0.5, 0.6) is 11.5 Å². The summed E-state index contributed by atoms with van der Waals surface area (Å²) in [5.41, 5.74) is 0.385. The molecule has 2 aromatic carbocycles. The van der Waals surface area contributed by atoms with Crippen molar-refractivity contribution in [1.82, 2.24) is 0 Å². The first-order valence-electron chi connectivity index (χ1n) is 6.70. The number of ether oxygens (including phenoxy) is 1. The van der Waals surface area contributed by atoms with Crippen LogP contribution in [0.25, 0.3) is 11.1 Å². The van der Waals surface area contributed by atoms with E-state index in [4.69, 9.17) is 4.74 Å². The van der Waals surface area contributed by atoms with Gasteiger partial charge in [0.15, 0.2) is 17.3 Å². The van der Waals surface area contributed by atoms with Crippen molar-refractivity contribution in [3.8, 4) is 22.6 Å². The van der Waals surface area contributed by atoms with Crippen molar-refractivity contribution in [2.45, 2.75) is 25.4 Å². The van der Waals surface area contributed by atoms with Crippen LogP contribution in [0, 0.1) is 17.5 Å². The van der Waals surface area contributed by atoms with Gasteiger partial charge in [-0.2, -0.15) is 4.39 Å². The average molecular weight is 294 g/mol. The number of hydrogen-bond acceptors (Lipinski definition) is 2.